The fourth-order valence-corrected chi connectivity index (χ4v) is 2.52. The number of anilines is 3. The summed E-state index contributed by atoms with van der Waals surface area (Å²) in [5, 5.41) is 7.65. The van der Waals surface area contributed by atoms with Crippen LogP contribution in [0.4, 0.5) is 17.8 Å². The largest absolute Gasteiger partial charge is 0.368 e. The van der Waals surface area contributed by atoms with E-state index in [-0.39, 0.29) is 12.0 Å². The zero-order chi connectivity index (χ0) is 17.0. The molecule has 124 valence electrons. The lowest BCUT2D eigenvalue weighted by Crippen LogP contribution is -2.16. The molecule has 0 radical (unpaired) electrons. The highest BCUT2D eigenvalue weighted by molar-refractivity contribution is 6.43. The summed E-state index contributed by atoms with van der Waals surface area (Å²) in [5.41, 5.74) is 6.57. The van der Waals surface area contributed by atoms with Crippen LogP contribution in [0.25, 0.3) is 0 Å². The van der Waals surface area contributed by atoms with Gasteiger partial charge in [-0.1, -0.05) is 34.8 Å². The molecule has 1 aromatic heterocycles. The molecule has 23 heavy (non-hydrogen) atoms. The summed E-state index contributed by atoms with van der Waals surface area (Å²) >= 11 is 18.1. The molecule has 1 heterocycles. The van der Waals surface area contributed by atoms with Crippen molar-refractivity contribution in [1.29, 1.82) is 0 Å². The summed E-state index contributed by atoms with van der Waals surface area (Å²) in [7, 11) is 0. The molecule has 0 aliphatic heterocycles. The molecule has 1 aromatic carbocycles. The van der Waals surface area contributed by atoms with Crippen LogP contribution in [0, 0.1) is 0 Å². The lowest BCUT2D eigenvalue weighted by molar-refractivity contribution is 0.866. The van der Waals surface area contributed by atoms with Crippen molar-refractivity contribution < 1.29 is 0 Å². The predicted octanol–water partition coefficient (Wildman–Crippen LogP) is 3.89. The monoisotopic (exact) mass is 374 g/mol. The molecule has 0 atom stereocenters. The Bertz CT molecular complexity index is 692. The van der Waals surface area contributed by atoms with Crippen LogP contribution < -0.4 is 16.4 Å². The van der Waals surface area contributed by atoms with Crippen LogP contribution in [0.5, 0.6) is 0 Å². The Morgan fingerprint density at radius 3 is 2.35 bits per heavy atom. The number of benzene rings is 1. The molecule has 0 aliphatic rings. The average molecular weight is 376 g/mol. The second-order valence-corrected chi connectivity index (χ2v) is 6.40. The van der Waals surface area contributed by atoms with Crippen LogP contribution >= 0.6 is 34.8 Å². The minimum Gasteiger partial charge on any atom is -0.368 e. The number of nitrogens with zero attached hydrogens (tertiary/aromatic N) is 3. The highest BCUT2D eigenvalue weighted by Crippen LogP contribution is 2.29. The normalized spacial score (nSPS) is 10.9. The average Bonchev–Trinajstić information content (AvgIpc) is 2.43. The first-order valence-electron chi connectivity index (χ1n) is 7.00. The Morgan fingerprint density at radius 1 is 1.00 bits per heavy atom. The van der Waals surface area contributed by atoms with Gasteiger partial charge < -0.3 is 16.4 Å². The van der Waals surface area contributed by atoms with Gasteiger partial charge in [0.1, 0.15) is 0 Å². The SMILES string of the molecule is CC(C)Nc1nc(N)nc(NCCc2cc(Cl)c(Cl)cc2Cl)n1. The third kappa shape index (κ3) is 5.27. The zero-order valence-electron chi connectivity index (χ0n) is 12.7. The molecule has 2 rings (SSSR count). The summed E-state index contributed by atoms with van der Waals surface area (Å²) in [6, 6.07) is 3.58. The van der Waals surface area contributed by atoms with Crippen molar-refractivity contribution in [2.45, 2.75) is 26.3 Å². The summed E-state index contributed by atoms with van der Waals surface area (Å²) in [6.45, 7) is 4.53. The molecule has 0 amide bonds. The van der Waals surface area contributed by atoms with E-state index in [1.54, 1.807) is 12.1 Å². The van der Waals surface area contributed by atoms with Crippen LogP contribution in [0.15, 0.2) is 12.1 Å². The highest BCUT2D eigenvalue weighted by atomic mass is 35.5. The minimum atomic E-state index is 0.151. The summed E-state index contributed by atoms with van der Waals surface area (Å²) < 4.78 is 0. The first-order valence-corrected chi connectivity index (χ1v) is 8.14. The number of hydrogen-bond donors (Lipinski definition) is 3. The molecule has 0 fully saturated rings. The lowest BCUT2D eigenvalue weighted by Gasteiger charge is -2.11. The first kappa shape index (κ1) is 17.8. The van der Waals surface area contributed by atoms with Gasteiger partial charge in [-0.05, 0) is 38.0 Å². The number of nitrogens with two attached hydrogens (primary N) is 1. The number of rotatable bonds is 6. The molecule has 9 heteroatoms. The van der Waals surface area contributed by atoms with E-state index in [0.29, 0.717) is 39.9 Å². The molecule has 6 nitrogen and oxygen atoms in total. The third-order valence-corrected chi connectivity index (χ3v) is 3.91. The van der Waals surface area contributed by atoms with Crippen molar-refractivity contribution in [2.24, 2.45) is 0 Å². The van der Waals surface area contributed by atoms with Gasteiger partial charge in [0.15, 0.2) is 0 Å². The second-order valence-electron chi connectivity index (χ2n) is 5.17. The Balaban J connectivity index is 2.01. The van der Waals surface area contributed by atoms with E-state index in [2.05, 4.69) is 25.6 Å². The summed E-state index contributed by atoms with van der Waals surface area (Å²) in [4.78, 5) is 12.3. The zero-order valence-corrected chi connectivity index (χ0v) is 15.0. The van der Waals surface area contributed by atoms with Crippen LogP contribution in [0.2, 0.25) is 15.1 Å². The molecule has 4 N–H and O–H groups in total. The molecule has 0 bridgehead atoms. The van der Waals surface area contributed by atoms with Gasteiger partial charge in [-0.15, -0.1) is 0 Å². The topological polar surface area (TPSA) is 88.8 Å². The molecule has 0 aliphatic carbocycles. The molecule has 0 saturated heterocycles. The van der Waals surface area contributed by atoms with Crippen molar-refractivity contribution in [3.05, 3.63) is 32.8 Å². The Morgan fingerprint density at radius 2 is 1.65 bits per heavy atom. The van der Waals surface area contributed by atoms with E-state index in [0.717, 1.165) is 5.56 Å². The molecular weight excluding hydrogens is 359 g/mol. The smallest absolute Gasteiger partial charge is 0.229 e. The Labute approximate surface area is 149 Å². The highest BCUT2D eigenvalue weighted by Gasteiger charge is 2.08. The fourth-order valence-electron chi connectivity index (χ4n) is 1.86. The molecule has 0 unspecified atom stereocenters. The number of hydrogen-bond acceptors (Lipinski definition) is 6. The predicted molar refractivity (Wildman–Crippen MR) is 96.7 cm³/mol. The van der Waals surface area contributed by atoms with E-state index in [1.807, 2.05) is 13.8 Å². The number of halogens is 3. The summed E-state index contributed by atoms with van der Waals surface area (Å²) in [6.07, 6.45) is 0.633. The van der Waals surface area contributed by atoms with Gasteiger partial charge in [0, 0.05) is 17.6 Å². The van der Waals surface area contributed by atoms with Gasteiger partial charge in [0.2, 0.25) is 17.8 Å². The van der Waals surface area contributed by atoms with Gasteiger partial charge in [0.05, 0.1) is 10.0 Å². The van der Waals surface area contributed by atoms with Gasteiger partial charge >= 0.3 is 0 Å². The van der Waals surface area contributed by atoms with Crippen LogP contribution in [-0.2, 0) is 6.42 Å². The van der Waals surface area contributed by atoms with E-state index >= 15 is 0 Å². The number of nitrogen functional groups attached to an aromatic ring is 1. The van der Waals surface area contributed by atoms with Crippen molar-refractivity contribution >= 4 is 52.6 Å². The fraction of sp³-hybridized carbons (Fsp3) is 0.357. The van der Waals surface area contributed by atoms with E-state index in [1.165, 1.54) is 0 Å². The summed E-state index contributed by atoms with van der Waals surface area (Å²) in [5.74, 6) is 0.984. The van der Waals surface area contributed by atoms with Crippen molar-refractivity contribution in [3.63, 3.8) is 0 Å². The van der Waals surface area contributed by atoms with Gasteiger partial charge in [-0.25, -0.2) is 0 Å². The third-order valence-electron chi connectivity index (χ3n) is 2.84. The minimum absolute atomic E-state index is 0.151. The van der Waals surface area contributed by atoms with Crippen molar-refractivity contribution in [2.75, 3.05) is 22.9 Å². The molecule has 0 spiro atoms. The number of aromatic nitrogens is 3. The van der Waals surface area contributed by atoms with Crippen LogP contribution in [0.3, 0.4) is 0 Å². The lowest BCUT2D eigenvalue weighted by atomic mass is 10.1. The maximum absolute atomic E-state index is 6.15. The van der Waals surface area contributed by atoms with Gasteiger partial charge in [-0.3, -0.25) is 0 Å². The van der Waals surface area contributed by atoms with E-state index in [4.69, 9.17) is 40.5 Å². The maximum atomic E-state index is 6.15. The Hall–Kier alpha value is -1.50. The molecule has 0 saturated carbocycles. The van der Waals surface area contributed by atoms with Crippen LogP contribution in [0.1, 0.15) is 19.4 Å². The van der Waals surface area contributed by atoms with Crippen LogP contribution in [-0.4, -0.2) is 27.5 Å². The second kappa shape index (κ2) is 7.86. The van der Waals surface area contributed by atoms with Crippen molar-refractivity contribution in [1.82, 2.24) is 15.0 Å². The first-order chi connectivity index (χ1) is 10.8. The van der Waals surface area contributed by atoms with Gasteiger partial charge in [-0.2, -0.15) is 15.0 Å². The van der Waals surface area contributed by atoms with E-state index < -0.39 is 0 Å². The Kier molecular flexibility index (Phi) is 6.10. The quantitative estimate of drug-likeness (QED) is 0.664. The molecular formula is C14H17Cl3N6. The number of nitrogens with one attached hydrogen (secondary N) is 2. The molecule has 2 aromatic rings. The standard InChI is InChI=1S/C14H17Cl3N6/c1-7(2)20-14-22-12(18)21-13(23-14)19-4-3-8-5-10(16)11(17)6-9(8)15/h5-7H,3-4H2,1-2H3,(H4,18,19,20,21,22,23). The van der Waals surface area contributed by atoms with Crippen molar-refractivity contribution in [3.8, 4) is 0 Å². The maximum Gasteiger partial charge on any atom is 0.229 e. The van der Waals surface area contributed by atoms with E-state index in [9.17, 15) is 0 Å². The van der Waals surface area contributed by atoms with Gasteiger partial charge in [0.25, 0.3) is 0 Å².